The summed E-state index contributed by atoms with van der Waals surface area (Å²) in [4.78, 5) is 0. The van der Waals surface area contributed by atoms with E-state index in [9.17, 15) is 0 Å². The number of hydrogen-bond donors (Lipinski definition) is 0. The molecule has 0 heterocycles. The van der Waals surface area contributed by atoms with Gasteiger partial charge < -0.3 is 0 Å². The quantitative estimate of drug-likeness (QED) is 0.507. The van der Waals surface area contributed by atoms with E-state index >= 15 is 0 Å². The third-order valence-electron chi connectivity index (χ3n) is 2.47. The lowest BCUT2D eigenvalue weighted by Crippen LogP contribution is -2.08. The molecular weight excluding hydrogens is 144 g/mol. The minimum Gasteiger partial charge on any atom is -0.0949 e. The van der Waals surface area contributed by atoms with Gasteiger partial charge in [-0.3, -0.25) is 0 Å². The van der Waals surface area contributed by atoms with Gasteiger partial charge in [0.25, 0.3) is 0 Å². The van der Waals surface area contributed by atoms with Gasteiger partial charge in [-0.05, 0) is 23.1 Å². The van der Waals surface area contributed by atoms with Crippen molar-refractivity contribution < 1.29 is 0 Å². The lowest BCUT2D eigenvalue weighted by atomic mass is 9.83. The van der Waals surface area contributed by atoms with E-state index in [1.54, 1.807) is 0 Å². The molecule has 0 fully saturated rings. The van der Waals surface area contributed by atoms with Crippen LogP contribution >= 0.6 is 0 Å². The fourth-order valence-corrected chi connectivity index (χ4v) is 1.73. The molecule has 0 bridgehead atoms. The maximum Gasteiger partial charge on any atom is 0.00170 e. The highest BCUT2D eigenvalue weighted by Crippen LogP contribution is 2.38. The van der Waals surface area contributed by atoms with Crippen LogP contribution in [0, 0.1) is 5.41 Å². The minimum atomic E-state index is 0.208. The summed E-state index contributed by atoms with van der Waals surface area (Å²) in [6.07, 6.45) is 10.1. The van der Waals surface area contributed by atoms with E-state index in [0.717, 1.165) is 6.42 Å². The van der Waals surface area contributed by atoms with Crippen molar-refractivity contribution >= 4 is 0 Å². The van der Waals surface area contributed by atoms with Gasteiger partial charge in [0.2, 0.25) is 0 Å². The van der Waals surface area contributed by atoms with Crippen molar-refractivity contribution in [2.75, 3.05) is 0 Å². The average Bonchev–Trinajstić information content (AvgIpc) is 2.31. The molecule has 0 spiro atoms. The Morgan fingerprint density at radius 2 is 2.17 bits per heavy atom. The molecule has 0 atom stereocenters. The second-order valence-electron chi connectivity index (χ2n) is 4.18. The van der Waals surface area contributed by atoms with Crippen LogP contribution in [0.4, 0.5) is 0 Å². The molecule has 62 valence electrons. The van der Waals surface area contributed by atoms with Gasteiger partial charge in [0.05, 0.1) is 0 Å². The van der Waals surface area contributed by atoms with Crippen LogP contribution in [-0.2, 0) is 0 Å². The second kappa shape index (κ2) is 2.22. The predicted octanol–water partition coefficient (Wildman–Crippen LogP) is 3.40. The normalized spacial score (nSPS) is 25.0. The topological polar surface area (TPSA) is 0 Å². The van der Waals surface area contributed by atoms with Gasteiger partial charge in [0, 0.05) is 5.41 Å². The van der Waals surface area contributed by atoms with Crippen LogP contribution in [0.25, 0.3) is 0 Å². The minimum absolute atomic E-state index is 0.208. The highest BCUT2D eigenvalue weighted by atomic mass is 14.3. The lowest BCUT2D eigenvalue weighted by molar-refractivity contribution is 0.617. The van der Waals surface area contributed by atoms with Crippen molar-refractivity contribution in [2.45, 2.75) is 20.3 Å². The molecule has 0 nitrogen and oxygen atoms in total. The summed E-state index contributed by atoms with van der Waals surface area (Å²) in [5.74, 6) is 0. The van der Waals surface area contributed by atoms with E-state index in [1.165, 1.54) is 16.7 Å². The summed E-state index contributed by atoms with van der Waals surface area (Å²) in [6.45, 7) is 8.49. The maximum absolute atomic E-state index is 4.05. The number of fused-ring (bicyclic) bond motifs is 1. The fraction of sp³-hybridized carbons (Fsp3) is 0.333. The Morgan fingerprint density at radius 1 is 1.42 bits per heavy atom. The zero-order valence-corrected chi connectivity index (χ0v) is 7.72. The molecule has 0 unspecified atom stereocenters. The molecule has 0 aromatic heterocycles. The van der Waals surface area contributed by atoms with Gasteiger partial charge in [-0.15, -0.1) is 0 Å². The first-order valence-electron chi connectivity index (χ1n) is 4.39. The molecule has 0 radical (unpaired) electrons. The molecule has 0 saturated heterocycles. The smallest absolute Gasteiger partial charge is 0.00170 e. The molecule has 0 amide bonds. The van der Waals surface area contributed by atoms with E-state index in [2.05, 4.69) is 44.7 Å². The fourth-order valence-electron chi connectivity index (χ4n) is 1.73. The van der Waals surface area contributed by atoms with Crippen LogP contribution in [0.15, 0.2) is 47.6 Å². The average molecular weight is 158 g/mol. The van der Waals surface area contributed by atoms with Crippen molar-refractivity contribution in [1.29, 1.82) is 0 Å². The van der Waals surface area contributed by atoms with Crippen LogP contribution in [0.2, 0.25) is 0 Å². The highest BCUT2D eigenvalue weighted by molar-refractivity contribution is 5.59. The van der Waals surface area contributed by atoms with Crippen LogP contribution in [-0.4, -0.2) is 0 Å². The van der Waals surface area contributed by atoms with Crippen LogP contribution in [0.5, 0.6) is 0 Å². The Hall–Kier alpha value is -1.04. The summed E-state index contributed by atoms with van der Waals surface area (Å²) in [7, 11) is 0. The summed E-state index contributed by atoms with van der Waals surface area (Å²) in [5, 5.41) is 0. The van der Waals surface area contributed by atoms with E-state index < -0.39 is 0 Å². The summed E-state index contributed by atoms with van der Waals surface area (Å²) >= 11 is 0. The molecule has 0 aromatic carbocycles. The Morgan fingerprint density at radius 3 is 2.92 bits per heavy atom. The largest absolute Gasteiger partial charge is 0.0949 e. The zero-order chi connectivity index (χ0) is 8.77. The number of allylic oxidation sites excluding steroid dienone is 7. The molecular formula is C12H14. The SMILES string of the molecule is C=C1CC=C2C=CC(C)(C)C=C12. The van der Waals surface area contributed by atoms with Crippen molar-refractivity contribution in [3.8, 4) is 0 Å². The molecule has 0 N–H and O–H groups in total. The third kappa shape index (κ3) is 1.08. The first-order valence-corrected chi connectivity index (χ1v) is 4.39. The first kappa shape index (κ1) is 7.60. The van der Waals surface area contributed by atoms with Gasteiger partial charge in [-0.2, -0.15) is 0 Å². The molecule has 12 heavy (non-hydrogen) atoms. The van der Waals surface area contributed by atoms with Gasteiger partial charge in [0.15, 0.2) is 0 Å². The van der Waals surface area contributed by atoms with Gasteiger partial charge in [-0.1, -0.05) is 44.7 Å². The monoisotopic (exact) mass is 158 g/mol. The Labute approximate surface area is 74.0 Å². The number of rotatable bonds is 0. The van der Waals surface area contributed by atoms with Crippen molar-refractivity contribution in [3.63, 3.8) is 0 Å². The van der Waals surface area contributed by atoms with E-state index in [0.29, 0.717) is 0 Å². The zero-order valence-electron chi connectivity index (χ0n) is 7.72. The van der Waals surface area contributed by atoms with Crippen molar-refractivity contribution in [3.05, 3.63) is 47.6 Å². The Kier molecular flexibility index (Phi) is 1.41. The van der Waals surface area contributed by atoms with Gasteiger partial charge in [0.1, 0.15) is 0 Å². The summed E-state index contributed by atoms with van der Waals surface area (Å²) in [5.41, 5.74) is 4.20. The Bertz CT molecular complexity index is 322. The summed E-state index contributed by atoms with van der Waals surface area (Å²) < 4.78 is 0. The van der Waals surface area contributed by atoms with Gasteiger partial charge in [-0.25, -0.2) is 0 Å². The highest BCUT2D eigenvalue weighted by Gasteiger charge is 2.22. The van der Waals surface area contributed by atoms with Crippen molar-refractivity contribution in [1.82, 2.24) is 0 Å². The molecule has 0 saturated carbocycles. The maximum atomic E-state index is 4.05. The van der Waals surface area contributed by atoms with Crippen LogP contribution in [0.1, 0.15) is 20.3 Å². The molecule has 2 rings (SSSR count). The van der Waals surface area contributed by atoms with Gasteiger partial charge >= 0.3 is 0 Å². The number of hydrogen-bond acceptors (Lipinski definition) is 0. The predicted molar refractivity (Wildman–Crippen MR) is 52.8 cm³/mol. The van der Waals surface area contributed by atoms with Crippen molar-refractivity contribution in [2.24, 2.45) is 5.41 Å². The summed E-state index contributed by atoms with van der Waals surface area (Å²) in [6, 6.07) is 0. The second-order valence-corrected chi connectivity index (χ2v) is 4.18. The molecule has 0 aliphatic heterocycles. The van der Waals surface area contributed by atoms with Crippen LogP contribution in [0.3, 0.4) is 0 Å². The standard InChI is InChI=1S/C12H14/c1-9-4-5-10-6-7-12(2,3)8-11(9)10/h5-8H,1,4H2,2-3H3. The molecule has 0 heteroatoms. The van der Waals surface area contributed by atoms with E-state index in [4.69, 9.17) is 0 Å². The third-order valence-corrected chi connectivity index (χ3v) is 2.47. The molecule has 2 aliphatic rings. The van der Waals surface area contributed by atoms with Crippen LogP contribution < -0.4 is 0 Å². The van der Waals surface area contributed by atoms with E-state index in [-0.39, 0.29) is 5.41 Å². The Balaban J connectivity index is 2.47. The molecule has 0 aromatic rings. The van der Waals surface area contributed by atoms with E-state index in [1.807, 2.05) is 0 Å². The first-order chi connectivity index (χ1) is 5.58. The molecule has 2 aliphatic carbocycles. The lowest BCUT2D eigenvalue weighted by Gasteiger charge is -2.21.